The molecule has 78 valence electrons. The number of hydrogen-bond donors (Lipinski definition) is 0. The van der Waals surface area contributed by atoms with Crippen molar-refractivity contribution >= 4 is 11.2 Å². The Labute approximate surface area is 92.8 Å². The molecule has 0 atom stereocenters. The maximum atomic E-state index is 5.22. The third kappa shape index (κ3) is 1.67. The molecule has 2 aromatic heterocycles. The van der Waals surface area contributed by atoms with Crippen LogP contribution in [0.1, 0.15) is 11.1 Å². The molecule has 0 bridgehead atoms. The molecule has 0 radical (unpaired) electrons. The molecule has 3 heteroatoms. The highest BCUT2D eigenvalue weighted by molar-refractivity contribution is 5.67. The molecule has 3 aromatic rings. The Morgan fingerprint density at radius 2 is 1.88 bits per heavy atom. The molecule has 3 rings (SSSR count). The highest BCUT2D eigenvalue weighted by atomic mass is 16.3. The maximum absolute atomic E-state index is 5.22. The van der Waals surface area contributed by atoms with Gasteiger partial charge in [0.05, 0.1) is 0 Å². The van der Waals surface area contributed by atoms with Crippen LogP contribution in [0.5, 0.6) is 0 Å². The summed E-state index contributed by atoms with van der Waals surface area (Å²) in [5.41, 5.74) is 3.81. The first-order valence-electron chi connectivity index (χ1n) is 5.14. The highest BCUT2D eigenvalue weighted by Gasteiger charge is 2.02. The summed E-state index contributed by atoms with van der Waals surface area (Å²) in [5.74, 6) is 0. The second kappa shape index (κ2) is 3.77. The second-order valence-corrected chi connectivity index (χ2v) is 3.68. The van der Waals surface area contributed by atoms with Crippen molar-refractivity contribution in [3.05, 3.63) is 60.1 Å². The lowest BCUT2D eigenvalue weighted by molar-refractivity contribution is 0.601. The van der Waals surface area contributed by atoms with Gasteiger partial charge >= 0.3 is 0 Å². The lowest BCUT2D eigenvalue weighted by Gasteiger charge is -2.00. The van der Waals surface area contributed by atoms with Crippen molar-refractivity contribution in [3.63, 3.8) is 0 Å². The van der Waals surface area contributed by atoms with E-state index in [9.17, 15) is 0 Å². The van der Waals surface area contributed by atoms with E-state index < -0.39 is 0 Å². The normalized spacial score (nSPS) is 10.8. The summed E-state index contributed by atoms with van der Waals surface area (Å²) in [6, 6.07) is 12.3. The molecule has 2 heterocycles. The Balaban J connectivity index is 1.94. The third-order valence-electron chi connectivity index (χ3n) is 2.50. The Morgan fingerprint density at radius 1 is 1.00 bits per heavy atom. The summed E-state index contributed by atoms with van der Waals surface area (Å²) in [6.07, 6.45) is 4.13. The van der Waals surface area contributed by atoms with Crippen LogP contribution in [0.3, 0.4) is 0 Å². The molecular weight excluding hydrogens is 200 g/mol. The van der Waals surface area contributed by atoms with Gasteiger partial charge in [-0.05, 0) is 23.6 Å². The van der Waals surface area contributed by atoms with Crippen LogP contribution in [0, 0.1) is 0 Å². The molecule has 16 heavy (non-hydrogen) atoms. The van der Waals surface area contributed by atoms with Crippen molar-refractivity contribution in [2.45, 2.75) is 6.42 Å². The second-order valence-electron chi connectivity index (χ2n) is 3.68. The number of benzene rings is 1. The topological polar surface area (TPSA) is 38.9 Å². The lowest BCUT2D eigenvalue weighted by Crippen LogP contribution is -1.89. The highest BCUT2D eigenvalue weighted by Crippen LogP contribution is 2.14. The van der Waals surface area contributed by atoms with Crippen molar-refractivity contribution in [2.75, 3.05) is 0 Å². The summed E-state index contributed by atoms with van der Waals surface area (Å²) in [5, 5.41) is 0. The Bertz CT molecular complexity index is 601. The van der Waals surface area contributed by atoms with Gasteiger partial charge in [0.25, 0.3) is 0 Å². The minimum Gasteiger partial charge on any atom is -0.442 e. The van der Waals surface area contributed by atoms with Crippen LogP contribution in [0.25, 0.3) is 11.2 Å². The van der Waals surface area contributed by atoms with Crippen molar-refractivity contribution in [1.29, 1.82) is 0 Å². The number of pyridine rings is 1. The first-order chi connectivity index (χ1) is 7.92. The van der Waals surface area contributed by atoms with E-state index in [0.29, 0.717) is 5.65 Å². The molecule has 0 fully saturated rings. The van der Waals surface area contributed by atoms with E-state index in [1.54, 1.807) is 0 Å². The zero-order valence-corrected chi connectivity index (χ0v) is 8.63. The average Bonchev–Trinajstić information content (AvgIpc) is 2.77. The zero-order chi connectivity index (χ0) is 10.8. The van der Waals surface area contributed by atoms with Gasteiger partial charge in [-0.2, -0.15) is 4.98 Å². The van der Waals surface area contributed by atoms with E-state index in [1.807, 2.05) is 30.5 Å². The van der Waals surface area contributed by atoms with E-state index in [0.717, 1.165) is 17.6 Å². The summed E-state index contributed by atoms with van der Waals surface area (Å²) in [4.78, 5) is 8.22. The molecule has 0 amide bonds. The minimum absolute atomic E-state index is 0.664. The van der Waals surface area contributed by atoms with Crippen molar-refractivity contribution < 1.29 is 4.42 Å². The molecule has 0 unspecified atom stereocenters. The van der Waals surface area contributed by atoms with E-state index in [1.165, 1.54) is 12.0 Å². The van der Waals surface area contributed by atoms with Crippen molar-refractivity contribution in [3.8, 4) is 0 Å². The molecule has 1 aromatic carbocycles. The molecule has 0 aliphatic carbocycles. The number of rotatable bonds is 2. The molecule has 0 aliphatic heterocycles. The summed E-state index contributed by atoms with van der Waals surface area (Å²) in [7, 11) is 0. The van der Waals surface area contributed by atoms with E-state index in [-0.39, 0.29) is 0 Å². The van der Waals surface area contributed by atoms with Gasteiger partial charge in [0, 0.05) is 6.20 Å². The smallest absolute Gasteiger partial charge is 0.198 e. The van der Waals surface area contributed by atoms with Crippen molar-refractivity contribution in [1.82, 2.24) is 9.97 Å². The number of aromatic nitrogens is 2. The van der Waals surface area contributed by atoms with Gasteiger partial charge in [0.1, 0.15) is 0 Å². The van der Waals surface area contributed by atoms with Crippen LogP contribution in [0.15, 0.2) is 53.4 Å². The fraction of sp³-hybridized carbons (Fsp3) is 0.0769. The predicted molar refractivity (Wildman–Crippen MR) is 61.1 cm³/mol. The third-order valence-corrected chi connectivity index (χ3v) is 2.50. The van der Waals surface area contributed by atoms with Gasteiger partial charge in [0.2, 0.25) is 0 Å². The van der Waals surface area contributed by atoms with Crippen LogP contribution in [0.4, 0.5) is 0 Å². The minimum atomic E-state index is 0.664. The Hall–Kier alpha value is -2.16. The lowest BCUT2D eigenvalue weighted by atomic mass is 10.1. The van der Waals surface area contributed by atoms with Gasteiger partial charge in [-0.25, -0.2) is 4.98 Å². The molecule has 0 saturated carbocycles. The molecular formula is C13H10N2O. The van der Waals surface area contributed by atoms with Gasteiger partial charge in [-0.1, -0.05) is 30.3 Å². The Morgan fingerprint density at radius 3 is 2.75 bits per heavy atom. The van der Waals surface area contributed by atoms with Crippen molar-refractivity contribution in [2.24, 2.45) is 0 Å². The first kappa shape index (κ1) is 9.09. The van der Waals surface area contributed by atoms with Gasteiger partial charge in [-0.3, -0.25) is 0 Å². The summed E-state index contributed by atoms with van der Waals surface area (Å²) < 4.78 is 5.22. The fourth-order valence-corrected chi connectivity index (χ4v) is 1.72. The SMILES string of the molecule is c1ccc(Cc2cnc3ncoc3c2)cc1. The Kier molecular flexibility index (Phi) is 2.14. The van der Waals surface area contributed by atoms with Crippen LogP contribution < -0.4 is 0 Å². The molecule has 0 spiro atoms. The van der Waals surface area contributed by atoms with E-state index in [4.69, 9.17) is 4.42 Å². The quantitative estimate of drug-likeness (QED) is 0.652. The first-order valence-corrected chi connectivity index (χ1v) is 5.14. The monoisotopic (exact) mass is 210 g/mol. The largest absolute Gasteiger partial charge is 0.442 e. The number of fused-ring (bicyclic) bond motifs is 1. The zero-order valence-electron chi connectivity index (χ0n) is 8.63. The number of hydrogen-bond acceptors (Lipinski definition) is 3. The summed E-state index contributed by atoms with van der Waals surface area (Å²) in [6.45, 7) is 0. The number of nitrogens with zero attached hydrogens (tertiary/aromatic N) is 2. The molecule has 0 N–H and O–H groups in total. The predicted octanol–water partition coefficient (Wildman–Crippen LogP) is 2.81. The molecule has 3 nitrogen and oxygen atoms in total. The van der Waals surface area contributed by atoms with Crippen LogP contribution in [-0.2, 0) is 6.42 Å². The number of oxazole rings is 1. The van der Waals surface area contributed by atoms with Crippen LogP contribution >= 0.6 is 0 Å². The summed E-state index contributed by atoms with van der Waals surface area (Å²) >= 11 is 0. The fourth-order valence-electron chi connectivity index (χ4n) is 1.72. The van der Waals surface area contributed by atoms with Crippen LogP contribution in [0.2, 0.25) is 0 Å². The molecule has 0 aliphatic rings. The van der Waals surface area contributed by atoms with Gasteiger partial charge < -0.3 is 4.42 Å². The standard InChI is InChI=1S/C13H10N2O/c1-2-4-10(5-3-1)6-11-7-12-13(14-8-11)15-9-16-12/h1-5,7-9H,6H2. The maximum Gasteiger partial charge on any atom is 0.198 e. The van der Waals surface area contributed by atoms with Crippen LogP contribution in [-0.4, -0.2) is 9.97 Å². The van der Waals surface area contributed by atoms with Gasteiger partial charge in [0.15, 0.2) is 17.6 Å². The van der Waals surface area contributed by atoms with Gasteiger partial charge in [-0.15, -0.1) is 0 Å². The molecule has 0 saturated heterocycles. The van der Waals surface area contributed by atoms with E-state index >= 15 is 0 Å². The average molecular weight is 210 g/mol. The van der Waals surface area contributed by atoms with E-state index in [2.05, 4.69) is 22.1 Å².